The van der Waals surface area contributed by atoms with Crippen LogP contribution < -0.4 is 5.32 Å². The lowest BCUT2D eigenvalue weighted by molar-refractivity contribution is 0.154. The molecule has 1 aromatic heterocycles. The molecule has 0 aliphatic carbocycles. The van der Waals surface area contributed by atoms with Crippen molar-refractivity contribution < 1.29 is 0 Å². The van der Waals surface area contributed by atoms with E-state index in [4.69, 9.17) is 11.6 Å². The smallest absolute Gasteiger partial charge is 0.0476 e. The molecule has 4 heteroatoms. The molecule has 3 aromatic rings. The van der Waals surface area contributed by atoms with E-state index in [-0.39, 0.29) is 0 Å². The van der Waals surface area contributed by atoms with E-state index in [1.165, 1.54) is 22.3 Å². The van der Waals surface area contributed by atoms with Crippen LogP contribution in [0.3, 0.4) is 0 Å². The third-order valence-corrected chi connectivity index (χ3v) is 5.23. The largest absolute Gasteiger partial charge is 0.314 e. The van der Waals surface area contributed by atoms with Gasteiger partial charge in [0.2, 0.25) is 0 Å². The molecule has 26 heavy (non-hydrogen) atoms. The summed E-state index contributed by atoms with van der Waals surface area (Å²) >= 11 is 6.07. The number of hydrogen-bond donors (Lipinski definition) is 1. The molecular formula is C22H22ClN3. The summed E-state index contributed by atoms with van der Waals surface area (Å²) in [5, 5.41) is 4.31. The second kappa shape index (κ2) is 8.00. The second-order valence-corrected chi connectivity index (χ2v) is 7.08. The van der Waals surface area contributed by atoms with E-state index in [2.05, 4.69) is 57.7 Å². The fourth-order valence-electron chi connectivity index (χ4n) is 3.61. The Balaban J connectivity index is 1.62. The lowest BCUT2D eigenvalue weighted by Gasteiger charge is -2.37. The van der Waals surface area contributed by atoms with Crippen LogP contribution >= 0.6 is 11.6 Å². The van der Waals surface area contributed by atoms with Crippen LogP contribution in [0.1, 0.15) is 17.2 Å². The summed E-state index contributed by atoms with van der Waals surface area (Å²) in [6.45, 7) is 3.88. The van der Waals surface area contributed by atoms with Gasteiger partial charge in [-0.3, -0.25) is 9.88 Å². The molecule has 1 fully saturated rings. The van der Waals surface area contributed by atoms with Crippen LogP contribution in [-0.4, -0.2) is 29.5 Å². The van der Waals surface area contributed by atoms with Crippen molar-refractivity contribution >= 4 is 11.6 Å². The standard InChI is InChI=1S/C22H22ClN3/c23-20-8-6-18(7-9-20)22-15-25-12-13-26(22)16-19-10-11-24-14-21(19)17-4-2-1-3-5-17/h1-11,14,22,25H,12-13,15-16H2/t22-/m0/s1. The monoisotopic (exact) mass is 363 g/mol. The van der Waals surface area contributed by atoms with Gasteiger partial charge in [0.1, 0.15) is 0 Å². The van der Waals surface area contributed by atoms with Gasteiger partial charge < -0.3 is 5.32 Å². The van der Waals surface area contributed by atoms with Gasteiger partial charge in [-0.15, -0.1) is 0 Å². The molecular weight excluding hydrogens is 342 g/mol. The van der Waals surface area contributed by atoms with E-state index in [1.807, 2.05) is 30.6 Å². The van der Waals surface area contributed by atoms with Gasteiger partial charge in [0, 0.05) is 55.2 Å². The topological polar surface area (TPSA) is 28.2 Å². The zero-order valence-corrected chi connectivity index (χ0v) is 15.4. The Morgan fingerprint density at radius 2 is 1.85 bits per heavy atom. The fourth-order valence-corrected chi connectivity index (χ4v) is 3.73. The predicted octanol–water partition coefficient (Wildman–Crippen LogP) is 4.55. The molecule has 0 spiro atoms. The van der Waals surface area contributed by atoms with Crippen LogP contribution in [0.2, 0.25) is 5.02 Å². The molecule has 1 aliphatic rings. The normalized spacial score (nSPS) is 18.0. The quantitative estimate of drug-likeness (QED) is 0.737. The van der Waals surface area contributed by atoms with Crippen molar-refractivity contribution in [3.8, 4) is 11.1 Å². The van der Waals surface area contributed by atoms with Crippen molar-refractivity contribution in [2.75, 3.05) is 19.6 Å². The number of nitrogens with one attached hydrogen (secondary N) is 1. The summed E-state index contributed by atoms with van der Waals surface area (Å²) in [4.78, 5) is 6.90. The first kappa shape index (κ1) is 17.2. The number of pyridine rings is 1. The van der Waals surface area contributed by atoms with Crippen molar-refractivity contribution in [3.05, 3.63) is 89.2 Å². The molecule has 1 saturated heterocycles. The molecule has 1 N–H and O–H groups in total. The van der Waals surface area contributed by atoms with Crippen molar-refractivity contribution in [1.29, 1.82) is 0 Å². The van der Waals surface area contributed by atoms with Gasteiger partial charge in [0.25, 0.3) is 0 Å². The molecule has 3 nitrogen and oxygen atoms in total. The SMILES string of the molecule is Clc1ccc([C@@H]2CNCCN2Cc2ccncc2-c2ccccc2)cc1. The Labute approximate surface area is 159 Å². The lowest BCUT2D eigenvalue weighted by atomic mass is 9.99. The van der Waals surface area contributed by atoms with Crippen molar-refractivity contribution in [2.24, 2.45) is 0 Å². The molecule has 2 aromatic carbocycles. The van der Waals surface area contributed by atoms with Crippen molar-refractivity contribution in [3.63, 3.8) is 0 Å². The Morgan fingerprint density at radius 3 is 2.65 bits per heavy atom. The zero-order chi connectivity index (χ0) is 17.8. The highest BCUT2D eigenvalue weighted by molar-refractivity contribution is 6.30. The first-order valence-corrected chi connectivity index (χ1v) is 9.37. The van der Waals surface area contributed by atoms with Crippen LogP contribution in [0.15, 0.2) is 73.1 Å². The first-order chi connectivity index (χ1) is 12.8. The van der Waals surface area contributed by atoms with E-state index in [9.17, 15) is 0 Å². The number of hydrogen-bond acceptors (Lipinski definition) is 3. The summed E-state index contributed by atoms with van der Waals surface area (Å²) in [5.41, 5.74) is 5.04. The van der Waals surface area contributed by atoms with Crippen LogP contribution in [-0.2, 0) is 6.54 Å². The zero-order valence-electron chi connectivity index (χ0n) is 14.6. The summed E-state index contributed by atoms with van der Waals surface area (Å²) in [7, 11) is 0. The summed E-state index contributed by atoms with van der Waals surface area (Å²) < 4.78 is 0. The molecule has 0 saturated carbocycles. The Morgan fingerprint density at radius 1 is 1.04 bits per heavy atom. The van der Waals surface area contributed by atoms with Crippen molar-refractivity contribution in [1.82, 2.24) is 15.2 Å². The number of aromatic nitrogens is 1. The molecule has 0 radical (unpaired) electrons. The van der Waals surface area contributed by atoms with E-state index in [0.717, 1.165) is 31.2 Å². The fraction of sp³-hybridized carbons (Fsp3) is 0.227. The molecule has 1 aliphatic heterocycles. The van der Waals surface area contributed by atoms with Crippen LogP contribution in [0.25, 0.3) is 11.1 Å². The average Bonchev–Trinajstić information content (AvgIpc) is 2.70. The second-order valence-electron chi connectivity index (χ2n) is 6.64. The third kappa shape index (κ3) is 3.80. The summed E-state index contributed by atoms with van der Waals surface area (Å²) in [5.74, 6) is 0. The van der Waals surface area contributed by atoms with Crippen molar-refractivity contribution in [2.45, 2.75) is 12.6 Å². The van der Waals surface area contributed by atoms with E-state index >= 15 is 0 Å². The van der Waals surface area contributed by atoms with Gasteiger partial charge in [-0.05, 0) is 34.9 Å². The summed E-state index contributed by atoms with van der Waals surface area (Å²) in [6, 6.07) is 21.2. The number of rotatable bonds is 4. The van der Waals surface area contributed by atoms with Gasteiger partial charge in [0.05, 0.1) is 0 Å². The van der Waals surface area contributed by atoms with Gasteiger partial charge in [0.15, 0.2) is 0 Å². The van der Waals surface area contributed by atoms with Crippen LogP contribution in [0.5, 0.6) is 0 Å². The maximum atomic E-state index is 6.07. The Kier molecular flexibility index (Phi) is 5.30. The number of nitrogens with zero attached hydrogens (tertiary/aromatic N) is 2. The molecule has 132 valence electrons. The van der Waals surface area contributed by atoms with Crippen LogP contribution in [0, 0.1) is 0 Å². The summed E-state index contributed by atoms with van der Waals surface area (Å²) in [6.07, 6.45) is 3.87. The number of benzene rings is 2. The lowest BCUT2D eigenvalue weighted by Crippen LogP contribution is -2.45. The average molecular weight is 364 g/mol. The third-order valence-electron chi connectivity index (χ3n) is 4.98. The van der Waals surface area contributed by atoms with E-state index in [0.29, 0.717) is 6.04 Å². The number of piperazine rings is 1. The predicted molar refractivity (Wildman–Crippen MR) is 107 cm³/mol. The van der Waals surface area contributed by atoms with Crippen LogP contribution in [0.4, 0.5) is 0 Å². The minimum absolute atomic E-state index is 0.345. The maximum Gasteiger partial charge on any atom is 0.0476 e. The van der Waals surface area contributed by atoms with E-state index in [1.54, 1.807) is 0 Å². The minimum Gasteiger partial charge on any atom is -0.314 e. The molecule has 4 rings (SSSR count). The van der Waals surface area contributed by atoms with E-state index < -0.39 is 0 Å². The highest BCUT2D eigenvalue weighted by Gasteiger charge is 2.24. The Hall–Kier alpha value is -2.20. The maximum absolute atomic E-state index is 6.07. The van der Waals surface area contributed by atoms with Gasteiger partial charge in [-0.1, -0.05) is 54.1 Å². The molecule has 0 bridgehead atoms. The molecule has 2 heterocycles. The minimum atomic E-state index is 0.345. The first-order valence-electron chi connectivity index (χ1n) is 9.00. The number of halogens is 1. The van der Waals surface area contributed by atoms with Gasteiger partial charge in [-0.2, -0.15) is 0 Å². The molecule has 0 amide bonds. The molecule has 0 unspecified atom stereocenters. The molecule has 1 atom stereocenters. The highest BCUT2D eigenvalue weighted by atomic mass is 35.5. The van der Waals surface area contributed by atoms with Gasteiger partial charge in [-0.25, -0.2) is 0 Å². The van der Waals surface area contributed by atoms with Gasteiger partial charge >= 0.3 is 0 Å². The Bertz CT molecular complexity index is 849. The highest BCUT2D eigenvalue weighted by Crippen LogP contribution is 2.29.